The highest BCUT2D eigenvalue weighted by Gasteiger charge is 2.36. The van der Waals surface area contributed by atoms with Gasteiger partial charge < -0.3 is 9.64 Å². The van der Waals surface area contributed by atoms with Crippen LogP contribution in [-0.2, 0) is 10.1 Å². The number of hydrogen-bond donors (Lipinski definition) is 0. The fraction of sp³-hybridized carbons (Fsp3) is 0.533. The second-order valence-corrected chi connectivity index (χ2v) is 5.76. The zero-order chi connectivity index (χ0) is 13.2. The molecule has 1 heterocycles. The third kappa shape index (κ3) is 2.37. The van der Waals surface area contributed by atoms with Crippen LogP contribution in [0.5, 0.6) is 0 Å². The van der Waals surface area contributed by atoms with Gasteiger partial charge in [-0.15, -0.1) is 0 Å². The van der Waals surface area contributed by atoms with Crippen molar-refractivity contribution in [3.8, 4) is 6.07 Å². The minimum absolute atomic E-state index is 0.358. The van der Waals surface area contributed by atoms with Gasteiger partial charge in [0.25, 0.3) is 0 Å². The molecular weight excluding hydrogens is 304 g/mol. The molecule has 0 spiro atoms. The number of anilines is 1. The molecule has 2 aliphatic rings. The summed E-state index contributed by atoms with van der Waals surface area (Å²) in [5, 5.41) is 10.2. The maximum atomic E-state index is 9.39. The SMILES string of the molecule is N#Cc1cc(CBr)ccc1N1CCOC2CCCC21. The van der Waals surface area contributed by atoms with Crippen molar-refractivity contribution in [1.29, 1.82) is 5.26 Å². The van der Waals surface area contributed by atoms with Gasteiger partial charge in [-0.05, 0) is 37.0 Å². The molecule has 3 nitrogen and oxygen atoms in total. The van der Waals surface area contributed by atoms with Gasteiger partial charge in [-0.1, -0.05) is 22.0 Å². The molecule has 0 radical (unpaired) electrons. The van der Waals surface area contributed by atoms with E-state index in [0.717, 1.165) is 41.7 Å². The molecule has 0 aromatic heterocycles. The van der Waals surface area contributed by atoms with E-state index in [-0.39, 0.29) is 0 Å². The lowest BCUT2D eigenvalue weighted by atomic mass is 10.0. The van der Waals surface area contributed by atoms with Crippen LogP contribution in [0, 0.1) is 11.3 Å². The van der Waals surface area contributed by atoms with Gasteiger partial charge in [-0.25, -0.2) is 0 Å². The van der Waals surface area contributed by atoms with Crippen LogP contribution in [0.2, 0.25) is 0 Å². The Balaban J connectivity index is 1.94. The highest BCUT2D eigenvalue weighted by molar-refractivity contribution is 9.08. The Morgan fingerprint density at radius 2 is 2.32 bits per heavy atom. The van der Waals surface area contributed by atoms with Crippen LogP contribution in [0.3, 0.4) is 0 Å². The lowest BCUT2D eigenvalue weighted by Gasteiger charge is -2.39. The second kappa shape index (κ2) is 5.52. The predicted molar refractivity (Wildman–Crippen MR) is 78.5 cm³/mol. The lowest BCUT2D eigenvalue weighted by Crippen LogP contribution is -2.48. The zero-order valence-electron chi connectivity index (χ0n) is 10.8. The van der Waals surface area contributed by atoms with Gasteiger partial charge in [0.1, 0.15) is 6.07 Å². The number of rotatable bonds is 2. The van der Waals surface area contributed by atoms with Crippen molar-refractivity contribution < 1.29 is 4.74 Å². The monoisotopic (exact) mass is 320 g/mol. The molecule has 1 aliphatic heterocycles. The first-order valence-electron chi connectivity index (χ1n) is 6.80. The number of nitrogens with zero attached hydrogens (tertiary/aromatic N) is 2. The smallest absolute Gasteiger partial charge is 0.101 e. The molecule has 1 aromatic rings. The van der Waals surface area contributed by atoms with Gasteiger partial charge in [-0.3, -0.25) is 0 Å². The molecule has 2 unspecified atom stereocenters. The van der Waals surface area contributed by atoms with E-state index in [9.17, 15) is 5.26 Å². The number of ether oxygens (including phenoxy) is 1. The fourth-order valence-corrected chi connectivity index (χ4v) is 3.58. The maximum Gasteiger partial charge on any atom is 0.101 e. The normalized spacial score (nSPS) is 26.0. The van der Waals surface area contributed by atoms with Crippen molar-refractivity contribution in [3.05, 3.63) is 29.3 Å². The third-order valence-electron chi connectivity index (χ3n) is 4.13. The van der Waals surface area contributed by atoms with Gasteiger partial charge in [0.15, 0.2) is 0 Å². The van der Waals surface area contributed by atoms with Gasteiger partial charge in [0.05, 0.1) is 30.0 Å². The summed E-state index contributed by atoms with van der Waals surface area (Å²) in [6, 6.07) is 8.98. The Morgan fingerprint density at radius 1 is 1.42 bits per heavy atom. The lowest BCUT2D eigenvalue weighted by molar-refractivity contribution is 0.0256. The molecule has 1 saturated carbocycles. The summed E-state index contributed by atoms with van der Waals surface area (Å²) in [5.74, 6) is 0. The summed E-state index contributed by atoms with van der Waals surface area (Å²) >= 11 is 3.44. The molecule has 3 rings (SSSR count). The van der Waals surface area contributed by atoms with Crippen LogP contribution in [0.25, 0.3) is 0 Å². The molecule has 100 valence electrons. The molecule has 0 amide bonds. The van der Waals surface area contributed by atoms with Crippen molar-refractivity contribution >= 4 is 21.6 Å². The topological polar surface area (TPSA) is 36.3 Å². The van der Waals surface area contributed by atoms with Crippen LogP contribution in [0.1, 0.15) is 30.4 Å². The van der Waals surface area contributed by atoms with Crippen molar-refractivity contribution in [1.82, 2.24) is 0 Å². The van der Waals surface area contributed by atoms with Crippen molar-refractivity contribution in [2.24, 2.45) is 0 Å². The Labute approximate surface area is 122 Å². The standard InChI is InChI=1S/C15H17BrN2O/c16-9-11-4-5-13(12(8-11)10-17)18-6-7-19-15-3-1-2-14(15)18/h4-5,8,14-15H,1-3,6-7,9H2. The molecule has 0 bridgehead atoms. The predicted octanol–water partition coefficient (Wildman–Crippen LogP) is 3.21. The summed E-state index contributed by atoms with van der Waals surface area (Å²) in [7, 11) is 0. The first-order chi connectivity index (χ1) is 9.33. The zero-order valence-corrected chi connectivity index (χ0v) is 12.4. The van der Waals surface area contributed by atoms with Crippen molar-refractivity contribution in [2.75, 3.05) is 18.1 Å². The van der Waals surface area contributed by atoms with E-state index in [4.69, 9.17) is 4.74 Å². The molecule has 2 atom stereocenters. The highest BCUT2D eigenvalue weighted by atomic mass is 79.9. The van der Waals surface area contributed by atoms with E-state index in [1.807, 2.05) is 6.07 Å². The van der Waals surface area contributed by atoms with E-state index in [2.05, 4.69) is 39.0 Å². The molecule has 19 heavy (non-hydrogen) atoms. The summed E-state index contributed by atoms with van der Waals surface area (Å²) < 4.78 is 5.84. The minimum Gasteiger partial charge on any atom is -0.374 e. The summed E-state index contributed by atoms with van der Waals surface area (Å²) in [4.78, 5) is 2.39. The number of alkyl halides is 1. The highest BCUT2D eigenvalue weighted by Crippen LogP contribution is 2.34. The number of hydrogen-bond acceptors (Lipinski definition) is 3. The molecule has 1 saturated heterocycles. The number of halogens is 1. The second-order valence-electron chi connectivity index (χ2n) is 5.20. The van der Waals surface area contributed by atoms with Crippen LogP contribution >= 0.6 is 15.9 Å². The molecule has 2 fully saturated rings. The quantitative estimate of drug-likeness (QED) is 0.785. The Morgan fingerprint density at radius 3 is 3.11 bits per heavy atom. The largest absolute Gasteiger partial charge is 0.374 e. The summed E-state index contributed by atoms with van der Waals surface area (Å²) in [5.41, 5.74) is 3.01. The van der Waals surface area contributed by atoms with Gasteiger partial charge >= 0.3 is 0 Å². The van der Waals surface area contributed by atoms with Crippen molar-refractivity contribution in [3.63, 3.8) is 0 Å². The first kappa shape index (κ1) is 13.0. The van der Waals surface area contributed by atoms with Crippen molar-refractivity contribution in [2.45, 2.75) is 36.7 Å². The van der Waals surface area contributed by atoms with E-state index >= 15 is 0 Å². The average Bonchev–Trinajstić information content (AvgIpc) is 2.95. The molecular formula is C15H17BrN2O. The molecule has 1 aromatic carbocycles. The molecule has 4 heteroatoms. The Kier molecular flexibility index (Phi) is 3.76. The number of fused-ring (bicyclic) bond motifs is 1. The average molecular weight is 321 g/mol. The van der Waals surface area contributed by atoms with Crippen LogP contribution in [0.4, 0.5) is 5.69 Å². The van der Waals surface area contributed by atoms with E-state index in [0.29, 0.717) is 12.1 Å². The van der Waals surface area contributed by atoms with E-state index in [1.54, 1.807) is 0 Å². The first-order valence-corrected chi connectivity index (χ1v) is 7.93. The molecule has 0 N–H and O–H groups in total. The van der Waals surface area contributed by atoms with Crippen LogP contribution < -0.4 is 4.90 Å². The third-order valence-corrected chi connectivity index (χ3v) is 4.77. The van der Waals surface area contributed by atoms with Gasteiger partial charge in [-0.2, -0.15) is 5.26 Å². The maximum absolute atomic E-state index is 9.39. The number of morpholine rings is 1. The van der Waals surface area contributed by atoms with Gasteiger partial charge in [0.2, 0.25) is 0 Å². The van der Waals surface area contributed by atoms with Gasteiger partial charge in [0, 0.05) is 11.9 Å². The summed E-state index contributed by atoms with van der Waals surface area (Å²) in [6.45, 7) is 1.66. The van der Waals surface area contributed by atoms with Crippen LogP contribution in [0.15, 0.2) is 18.2 Å². The fourth-order valence-electron chi connectivity index (χ4n) is 3.23. The Hall–Kier alpha value is -1.05. The summed E-state index contributed by atoms with van der Waals surface area (Å²) in [6.07, 6.45) is 3.92. The van der Waals surface area contributed by atoms with E-state index in [1.165, 1.54) is 12.8 Å². The van der Waals surface area contributed by atoms with E-state index < -0.39 is 0 Å². The molecule has 1 aliphatic carbocycles. The number of nitriles is 1. The minimum atomic E-state index is 0.358. The number of benzene rings is 1. The van der Waals surface area contributed by atoms with Crippen LogP contribution in [-0.4, -0.2) is 25.3 Å². The Bertz CT molecular complexity index is 511.